The van der Waals surface area contributed by atoms with E-state index in [-0.39, 0.29) is 6.61 Å². The van der Waals surface area contributed by atoms with Gasteiger partial charge in [-0.3, -0.25) is 0 Å². The molecule has 1 aliphatic carbocycles. The van der Waals surface area contributed by atoms with Crippen molar-refractivity contribution in [1.82, 2.24) is 0 Å². The fourth-order valence-corrected chi connectivity index (χ4v) is 4.30. The number of benzene rings is 1. The van der Waals surface area contributed by atoms with Crippen LogP contribution in [0, 0.1) is 5.92 Å². The van der Waals surface area contributed by atoms with Crippen molar-refractivity contribution in [1.29, 1.82) is 0 Å². The molecule has 0 spiro atoms. The van der Waals surface area contributed by atoms with E-state index in [0.29, 0.717) is 10.3 Å². The summed E-state index contributed by atoms with van der Waals surface area (Å²) in [7, 11) is 0. The zero-order valence-corrected chi connectivity index (χ0v) is 11.7. The summed E-state index contributed by atoms with van der Waals surface area (Å²) in [6, 6.07) is 5.89. The highest BCUT2D eigenvalue weighted by atomic mass is 35.5. The molecule has 1 saturated carbocycles. The molecule has 1 aromatic carbocycles. The SMILES string of the molecule is CC1CCCC(Sc2cccc(Cl)c2CO)C1. The van der Waals surface area contributed by atoms with E-state index in [1.54, 1.807) is 0 Å². The summed E-state index contributed by atoms with van der Waals surface area (Å²) in [4.78, 5) is 1.15. The van der Waals surface area contributed by atoms with Crippen molar-refractivity contribution < 1.29 is 5.11 Å². The van der Waals surface area contributed by atoms with Gasteiger partial charge in [-0.15, -0.1) is 11.8 Å². The molecule has 0 radical (unpaired) electrons. The van der Waals surface area contributed by atoms with Crippen molar-refractivity contribution in [3.63, 3.8) is 0 Å². The number of hydrogen-bond acceptors (Lipinski definition) is 2. The number of hydrogen-bond donors (Lipinski definition) is 1. The third-order valence-electron chi connectivity index (χ3n) is 3.42. The van der Waals surface area contributed by atoms with Crippen LogP contribution < -0.4 is 0 Å². The zero-order valence-electron chi connectivity index (χ0n) is 10.2. The number of aliphatic hydroxyl groups is 1. The summed E-state index contributed by atoms with van der Waals surface area (Å²) in [5, 5.41) is 10.7. The van der Waals surface area contributed by atoms with Gasteiger partial charge in [-0.1, -0.05) is 37.4 Å². The summed E-state index contributed by atoms with van der Waals surface area (Å²) >= 11 is 7.99. The van der Waals surface area contributed by atoms with Gasteiger partial charge in [0.25, 0.3) is 0 Å². The second-order valence-electron chi connectivity index (χ2n) is 4.89. The Hall–Kier alpha value is -0.180. The molecule has 3 heteroatoms. The first-order chi connectivity index (χ1) is 8.20. The molecule has 17 heavy (non-hydrogen) atoms. The van der Waals surface area contributed by atoms with Crippen LogP contribution in [-0.4, -0.2) is 10.4 Å². The highest BCUT2D eigenvalue weighted by molar-refractivity contribution is 8.00. The highest BCUT2D eigenvalue weighted by Crippen LogP contribution is 2.38. The lowest BCUT2D eigenvalue weighted by Crippen LogP contribution is -2.15. The minimum atomic E-state index is 0.0320. The van der Waals surface area contributed by atoms with Crippen molar-refractivity contribution in [3.05, 3.63) is 28.8 Å². The van der Waals surface area contributed by atoms with Crippen molar-refractivity contribution in [2.45, 2.75) is 49.4 Å². The van der Waals surface area contributed by atoms with Crippen molar-refractivity contribution >= 4 is 23.4 Å². The molecule has 1 fully saturated rings. The Morgan fingerprint density at radius 3 is 2.94 bits per heavy atom. The second-order valence-corrected chi connectivity index (χ2v) is 6.64. The molecule has 0 aliphatic heterocycles. The monoisotopic (exact) mass is 270 g/mol. The van der Waals surface area contributed by atoms with Gasteiger partial charge in [-0.25, -0.2) is 0 Å². The molecular formula is C14H19ClOS. The Morgan fingerprint density at radius 1 is 1.41 bits per heavy atom. The predicted molar refractivity (Wildman–Crippen MR) is 74.7 cm³/mol. The minimum Gasteiger partial charge on any atom is -0.392 e. The average Bonchev–Trinajstić information content (AvgIpc) is 2.29. The summed E-state index contributed by atoms with van der Waals surface area (Å²) < 4.78 is 0. The Balaban J connectivity index is 2.10. The van der Waals surface area contributed by atoms with E-state index >= 15 is 0 Å². The van der Waals surface area contributed by atoms with Crippen LogP contribution in [0.3, 0.4) is 0 Å². The van der Waals surface area contributed by atoms with Crippen LogP contribution >= 0.6 is 23.4 Å². The standard InChI is InChI=1S/C14H19ClOS/c1-10-4-2-5-11(8-10)17-14-7-3-6-13(15)12(14)9-16/h3,6-7,10-11,16H,2,4-5,8-9H2,1H3. The van der Waals surface area contributed by atoms with E-state index in [2.05, 4.69) is 13.0 Å². The Labute approximate surface area is 113 Å². The molecule has 1 aromatic rings. The maximum absolute atomic E-state index is 9.38. The van der Waals surface area contributed by atoms with Gasteiger partial charge in [-0.05, 0) is 30.9 Å². The van der Waals surface area contributed by atoms with Crippen LogP contribution in [0.1, 0.15) is 38.2 Å². The number of thioether (sulfide) groups is 1. The lowest BCUT2D eigenvalue weighted by Gasteiger charge is -2.26. The van der Waals surface area contributed by atoms with Crippen LogP contribution in [0.25, 0.3) is 0 Å². The van der Waals surface area contributed by atoms with Gasteiger partial charge in [0, 0.05) is 20.7 Å². The first-order valence-electron chi connectivity index (χ1n) is 6.25. The van der Waals surface area contributed by atoms with Crippen molar-refractivity contribution in [2.75, 3.05) is 0 Å². The Kier molecular flexibility index (Phi) is 4.78. The third-order valence-corrected chi connectivity index (χ3v) is 5.17. The third kappa shape index (κ3) is 3.40. The fourth-order valence-electron chi connectivity index (χ4n) is 2.47. The Morgan fingerprint density at radius 2 is 2.24 bits per heavy atom. The normalized spacial score (nSPS) is 24.9. The van der Waals surface area contributed by atoms with Crippen LogP contribution in [0.2, 0.25) is 5.02 Å². The van der Waals surface area contributed by atoms with E-state index in [4.69, 9.17) is 11.6 Å². The van der Waals surface area contributed by atoms with E-state index in [1.807, 2.05) is 23.9 Å². The lowest BCUT2D eigenvalue weighted by atomic mass is 9.91. The first-order valence-corrected chi connectivity index (χ1v) is 7.51. The maximum Gasteiger partial charge on any atom is 0.0707 e. The van der Waals surface area contributed by atoms with Crippen LogP contribution in [-0.2, 0) is 6.61 Å². The van der Waals surface area contributed by atoms with E-state index in [1.165, 1.54) is 25.7 Å². The molecule has 1 aliphatic rings. The van der Waals surface area contributed by atoms with Crippen molar-refractivity contribution in [2.24, 2.45) is 5.92 Å². The van der Waals surface area contributed by atoms with Crippen molar-refractivity contribution in [3.8, 4) is 0 Å². The maximum atomic E-state index is 9.38. The zero-order chi connectivity index (χ0) is 12.3. The van der Waals surface area contributed by atoms with E-state index in [0.717, 1.165) is 16.4 Å². The van der Waals surface area contributed by atoms with Gasteiger partial charge >= 0.3 is 0 Å². The van der Waals surface area contributed by atoms with Crippen LogP contribution in [0.15, 0.2) is 23.1 Å². The predicted octanol–water partition coefficient (Wildman–Crippen LogP) is 4.50. The van der Waals surface area contributed by atoms with Crippen LogP contribution in [0.5, 0.6) is 0 Å². The Bertz CT molecular complexity index is 380. The molecule has 1 N–H and O–H groups in total. The molecule has 2 atom stereocenters. The van der Waals surface area contributed by atoms with Gasteiger partial charge in [0.05, 0.1) is 6.61 Å². The average molecular weight is 271 g/mol. The molecule has 2 rings (SSSR count). The molecule has 1 nitrogen and oxygen atoms in total. The number of aliphatic hydroxyl groups excluding tert-OH is 1. The second kappa shape index (κ2) is 6.12. The molecule has 94 valence electrons. The minimum absolute atomic E-state index is 0.0320. The quantitative estimate of drug-likeness (QED) is 0.872. The lowest BCUT2D eigenvalue weighted by molar-refractivity contribution is 0.279. The number of halogens is 1. The summed E-state index contributed by atoms with van der Waals surface area (Å²) in [6.45, 7) is 2.36. The fraction of sp³-hybridized carbons (Fsp3) is 0.571. The van der Waals surface area contributed by atoms with Gasteiger partial charge in [0.1, 0.15) is 0 Å². The summed E-state index contributed by atoms with van der Waals surface area (Å²) in [5.74, 6) is 0.831. The molecule has 0 aromatic heterocycles. The van der Waals surface area contributed by atoms with E-state index in [9.17, 15) is 5.11 Å². The smallest absolute Gasteiger partial charge is 0.0707 e. The van der Waals surface area contributed by atoms with Gasteiger partial charge in [0.15, 0.2) is 0 Å². The summed E-state index contributed by atoms with van der Waals surface area (Å²) in [5.41, 5.74) is 0.886. The van der Waals surface area contributed by atoms with Gasteiger partial charge in [-0.2, -0.15) is 0 Å². The highest BCUT2D eigenvalue weighted by Gasteiger charge is 2.21. The largest absolute Gasteiger partial charge is 0.392 e. The van der Waals surface area contributed by atoms with Gasteiger partial charge in [0.2, 0.25) is 0 Å². The first kappa shape index (κ1) is 13.3. The topological polar surface area (TPSA) is 20.2 Å². The van der Waals surface area contributed by atoms with Crippen LogP contribution in [0.4, 0.5) is 0 Å². The number of rotatable bonds is 3. The molecule has 0 bridgehead atoms. The van der Waals surface area contributed by atoms with Gasteiger partial charge < -0.3 is 5.11 Å². The molecule has 2 unspecified atom stereocenters. The molecular weight excluding hydrogens is 252 g/mol. The molecule has 0 saturated heterocycles. The molecule has 0 amide bonds. The molecule has 0 heterocycles. The summed E-state index contributed by atoms with van der Waals surface area (Å²) in [6.07, 6.45) is 5.25. The van der Waals surface area contributed by atoms with E-state index < -0.39 is 0 Å².